The topological polar surface area (TPSA) is 128 Å². The molecule has 0 aromatic rings. The van der Waals surface area contributed by atoms with Crippen LogP contribution in [0.4, 0.5) is 0 Å². The summed E-state index contributed by atoms with van der Waals surface area (Å²) in [4.78, 5) is 11.8. The van der Waals surface area contributed by atoms with Gasteiger partial charge in [-0.25, -0.2) is 0 Å². The predicted octanol–water partition coefficient (Wildman–Crippen LogP) is -2.72. The van der Waals surface area contributed by atoms with Crippen molar-refractivity contribution in [3.63, 3.8) is 0 Å². The van der Waals surface area contributed by atoms with E-state index in [0.29, 0.717) is 5.75 Å². The third-order valence-electron chi connectivity index (χ3n) is 3.26. The molecule has 0 aliphatic carbocycles. The van der Waals surface area contributed by atoms with Crippen LogP contribution in [0.3, 0.4) is 0 Å². The highest BCUT2D eigenvalue weighted by atomic mass is 32.2. The van der Waals surface area contributed by atoms with Gasteiger partial charge in [0.15, 0.2) is 0 Å². The van der Waals surface area contributed by atoms with E-state index in [0.717, 1.165) is 0 Å². The Hall–Kier alpha value is -0.00506. The van der Waals surface area contributed by atoms with Gasteiger partial charge in [0, 0.05) is 5.75 Å². The molecule has 8 nitrogen and oxygen atoms in total. The summed E-state index contributed by atoms with van der Waals surface area (Å²) in [6, 6.07) is 0. The number of rotatable bonds is 9. The zero-order chi connectivity index (χ0) is 16.7. The van der Waals surface area contributed by atoms with Gasteiger partial charge in [0.1, 0.15) is 12.2 Å². The zero-order valence-corrected chi connectivity index (χ0v) is 13.9. The van der Waals surface area contributed by atoms with Crippen molar-refractivity contribution in [1.29, 1.82) is 0 Å². The molecule has 1 fully saturated rings. The summed E-state index contributed by atoms with van der Waals surface area (Å²) in [6.45, 7) is -1.15. The van der Waals surface area contributed by atoms with Crippen molar-refractivity contribution in [2.24, 2.45) is 0 Å². The Morgan fingerprint density at radius 3 is 2.14 bits per heavy atom. The van der Waals surface area contributed by atoms with Crippen molar-refractivity contribution in [3.05, 3.63) is 0 Å². The molecule has 22 heavy (non-hydrogen) atoms. The van der Waals surface area contributed by atoms with E-state index in [1.54, 1.807) is 6.26 Å². The number of nitrogens with one attached hydrogen (secondary N) is 1. The first kappa shape index (κ1) is 20.0. The normalized spacial score (nSPS) is 25.8. The number of thioether (sulfide) groups is 1. The van der Waals surface area contributed by atoms with Crippen LogP contribution in [0, 0.1) is 0 Å². The van der Waals surface area contributed by atoms with Crippen LogP contribution in [0.1, 0.15) is 0 Å². The van der Waals surface area contributed by atoms with Gasteiger partial charge in [0.05, 0.1) is 37.1 Å². The van der Waals surface area contributed by atoms with Crippen LogP contribution < -0.4 is 5.32 Å². The Morgan fingerprint density at radius 1 is 1.27 bits per heavy atom. The number of carbonyl (C=O) groups excluding carboxylic acids is 1. The molecule has 128 valence electrons. The molecule has 0 aromatic heterocycles. The molecule has 5 atom stereocenters. The van der Waals surface area contributed by atoms with Crippen molar-refractivity contribution in [2.75, 3.05) is 31.7 Å². The molecule has 0 bridgehead atoms. The van der Waals surface area contributed by atoms with Crippen LogP contribution in [0.5, 0.6) is 0 Å². The van der Waals surface area contributed by atoms with Crippen LogP contribution in [0.2, 0.25) is 0 Å². The van der Waals surface area contributed by atoms with Gasteiger partial charge in [-0.1, -0.05) is 0 Å². The van der Waals surface area contributed by atoms with Gasteiger partial charge in [-0.2, -0.15) is 24.4 Å². The van der Waals surface area contributed by atoms with Crippen LogP contribution in [0.25, 0.3) is 0 Å². The molecule has 1 rings (SSSR count). The lowest BCUT2D eigenvalue weighted by molar-refractivity contribution is -0.120. The Kier molecular flexibility index (Phi) is 9.09. The van der Waals surface area contributed by atoms with Crippen molar-refractivity contribution in [2.45, 2.75) is 29.7 Å². The molecule has 5 N–H and O–H groups in total. The van der Waals surface area contributed by atoms with E-state index in [9.17, 15) is 15.0 Å². The van der Waals surface area contributed by atoms with Crippen LogP contribution in [-0.2, 0) is 14.1 Å². The number of carbonyl (C=O) groups is 1. The van der Waals surface area contributed by atoms with E-state index < -0.39 is 44.7 Å². The van der Waals surface area contributed by atoms with E-state index in [1.165, 1.54) is 11.8 Å². The van der Waals surface area contributed by atoms with Gasteiger partial charge in [0.2, 0.25) is 5.91 Å². The first-order chi connectivity index (χ1) is 10.5. The highest BCUT2D eigenvalue weighted by Gasteiger charge is 2.46. The second-order valence-corrected chi connectivity index (χ2v) is 6.19. The summed E-state index contributed by atoms with van der Waals surface area (Å²) >= 11 is 5.44. The summed E-state index contributed by atoms with van der Waals surface area (Å²) in [5, 5.41) is 39.7. The van der Waals surface area contributed by atoms with Crippen molar-refractivity contribution in [3.8, 4) is 0 Å². The van der Waals surface area contributed by atoms with Gasteiger partial charge < -0.3 is 35.1 Å². The van der Waals surface area contributed by atoms with E-state index in [-0.39, 0.29) is 17.6 Å². The van der Waals surface area contributed by atoms with Crippen molar-refractivity contribution >= 4 is 37.4 Å². The minimum absolute atomic E-state index is 0.0208. The number of hydrogen-bond acceptors (Lipinski definition) is 9. The molecular weight excluding hydrogens is 333 g/mol. The van der Waals surface area contributed by atoms with Crippen LogP contribution in [-0.4, -0.2) is 94.8 Å². The van der Waals surface area contributed by atoms with Gasteiger partial charge in [0.25, 0.3) is 0 Å². The molecule has 1 heterocycles. The first-order valence-corrected chi connectivity index (χ1v) is 8.70. The van der Waals surface area contributed by atoms with Gasteiger partial charge >= 0.3 is 7.12 Å². The Labute approximate surface area is 139 Å². The molecule has 0 spiro atoms. The summed E-state index contributed by atoms with van der Waals surface area (Å²) in [6.07, 6.45) is -2.69. The largest absolute Gasteiger partial charge is 0.478 e. The third-order valence-corrected chi connectivity index (χ3v) is 4.82. The molecular formula is C11H22BNO7S2. The minimum atomic E-state index is -1.26. The van der Waals surface area contributed by atoms with Gasteiger partial charge in [-0.3, -0.25) is 4.79 Å². The second kappa shape index (κ2) is 9.98. The average Bonchev–Trinajstić information content (AvgIpc) is 2.96. The summed E-state index contributed by atoms with van der Waals surface area (Å²) in [5.41, 5.74) is 0. The lowest BCUT2D eigenvalue weighted by Gasteiger charge is -2.24. The summed E-state index contributed by atoms with van der Waals surface area (Å²) in [5.74, 6) is 0.164. The van der Waals surface area contributed by atoms with Crippen LogP contribution in [0.15, 0.2) is 0 Å². The van der Waals surface area contributed by atoms with Crippen molar-refractivity contribution in [1.82, 2.24) is 5.32 Å². The molecule has 0 saturated carbocycles. The molecule has 0 aromatic carbocycles. The Morgan fingerprint density at radius 2 is 1.77 bits per heavy atom. The zero-order valence-electron chi connectivity index (χ0n) is 12.2. The molecule has 0 radical (unpaired) electrons. The molecule has 1 aliphatic rings. The predicted molar refractivity (Wildman–Crippen MR) is 85.9 cm³/mol. The van der Waals surface area contributed by atoms with E-state index in [2.05, 4.69) is 17.9 Å². The summed E-state index contributed by atoms with van der Waals surface area (Å²) in [7, 11) is -0.885. The fourth-order valence-corrected chi connectivity index (χ4v) is 3.08. The van der Waals surface area contributed by atoms with E-state index in [1.807, 2.05) is 0 Å². The van der Waals surface area contributed by atoms with E-state index in [4.69, 9.17) is 19.5 Å². The molecule has 5 unspecified atom stereocenters. The van der Waals surface area contributed by atoms with Gasteiger partial charge in [-0.15, -0.1) is 0 Å². The minimum Gasteiger partial charge on any atom is -0.402 e. The lowest BCUT2D eigenvalue weighted by Crippen LogP contribution is -2.45. The SMILES string of the molecule is CSC(CS)C(=O)NCB1OC(C(O)CO)C(C(O)CO)O1. The maximum absolute atomic E-state index is 11.8. The standard InChI is InChI=1S/C11H22BNO7S2/c1-22-8(4-21)11(18)13-5-12-19-9(6(16)2-14)10(20-12)7(17)3-15/h6-10,14-17,21H,2-5H2,1H3,(H,13,18). The first-order valence-electron chi connectivity index (χ1n) is 6.78. The van der Waals surface area contributed by atoms with E-state index >= 15 is 0 Å². The van der Waals surface area contributed by atoms with Crippen LogP contribution >= 0.6 is 24.4 Å². The maximum atomic E-state index is 11.8. The second-order valence-electron chi connectivity index (χ2n) is 4.78. The molecule has 1 amide bonds. The number of thiol groups is 1. The highest BCUT2D eigenvalue weighted by Crippen LogP contribution is 2.22. The number of aliphatic hydroxyl groups excluding tert-OH is 4. The fourth-order valence-electron chi connectivity index (χ4n) is 2.02. The Bertz CT molecular complexity index is 332. The van der Waals surface area contributed by atoms with Crippen molar-refractivity contribution < 1.29 is 34.5 Å². The molecule has 11 heteroatoms. The number of hydrogen-bond donors (Lipinski definition) is 6. The lowest BCUT2D eigenvalue weighted by atomic mass is 9.91. The fraction of sp³-hybridized carbons (Fsp3) is 0.909. The Balaban J connectivity index is 2.57. The quantitative estimate of drug-likeness (QED) is 0.195. The number of amides is 1. The monoisotopic (exact) mass is 355 g/mol. The summed E-state index contributed by atoms with van der Waals surface area (Å²) < 4.78 is 10.8. The average molecular weight is 355 g/mol. The highest BCUT2D eigenvalue weighted by molar-refractivity contribution is 8.00. The van der Waals surface area contributed by atoms with Gasteiger partial charge in [-0.05, 0) is 6.26 Å². The molecule has 1 aliphatic heterocycles. The maximum Gasteiger partial charge on any atom is 0.478 e. The third kappa shape index (κ3) is 5.27. The smallest absolute Gasteiger partial charge is 0.402 e. The molecule has 1 saturated heterocycles. The number of aliphatic hydroxyl groups is 4.